The number of rotatable bonds is 7. The fraction of sp³-hybridized carbons (Fsp3) is 0.611. The number of amides is 1. The van der Waals surface area contributed by atoms with Gasteiger partial charge in [-0.15, -0.1) is 12.4 Å². The molecule has 1 fully saturated rings. The Morgan fingerprint density at radius 1 is 1.30 bits per heavy atom. The molecular formula is C18H29ClN2O2. The molecule has 1 saturated carbocycles. The molecule has 0 bridgehead atoms. The van der Waals surface area contributed by atoms with Gasteiger partial charge in [-0.25, -0.2) is 0 Å². The average Bonchev–Trinajstić information content (AvgIpc) is 2.54. The predicted molar refractivity (Wildman–Crippen MR) is 95.6 cm³/mol. The van der Waals surface area contributed by atoms with E-state index in [0.29, 0.717) is 31.6 Å². The number of carbonyl (C=O) groups excluding carboxylic acids is 1. The Bertz CT molecular complexity index is 456. The summed E-state index contributed by atoms with van der Waals surface area (Å²) in [6.45, 7) is 3.40. The van der Waals surface area contributed by atoms with Gasteiger partial charge in [-0.05, 0) is 24.3 Å². The second-order valence-corrected chi connectivity index (χ2v) is 6.24. The van der Waals surface area contributed by atoms with Gasteiger partial charge in [0.1, 0.15) is 0 Å². The van der Waals surface area contributed by atoms with Gasteiger partial charge in [-0.2, -0.15) is 0 Å². The highest BCUT2D eigenvalue weighted by Crippen LogP contribution is 2.25. The van der Waals surface area contributed by atoms with Crippen LogP contribution in [0.25, 0.3) is 0 Å². The molecule has 1 aliphatic rings. The summed E-state index contributed by atoms with van der Waals surface area (Å²) in [5.41, 5.74) is 7.03. The van der Waals surface area contributed by atoms with Crippen LogP contribution in [0.15, 0.2) is 30.3 Å². The largest absolute Gasteiger partial charge is 0.376 e. The molecule has 0 aromatic heterocycles. The molecule has 5 heteroatoms. The van der Waals surface area contributed by atoms with Crippen LogP contribution in [0.2, 0.25) is 0 Å². The van der Waals surface area contributed by atoms with E-state index in [-0.39, 0.29) is 24.4 Å². The lowest BCUT2D eigenvalue weighted by Gasteiger charge is -2.28. The maximum atomic E-state index is 11.9. The van der Waals surface area contributed by atoms with Crippen molar-refractivity contribution in [2.75, 3.05) is 13.2 Å². The van der Waals surface area contributed by atoms with E-state index in [1.165, 1.54) is 19.3 Å². The van der Waals surface area contributed by atoms with Crippen LogP contribution < -0.4 is 11.1 Å². The first kappa shape index (κ1) is 19.9. The fourth-order valence-corrected chi connectivity index (χ4v) is 3.02. The van der Waals surface area contributed by atoms with E-state index in [2.05, 4.69) is 12.2 Å². The van der Waals surface area contributed by atoms with E-state index in [9.17, 15) is 4.79 Å². The summed E-state index contributed by atoms with van der Waals surface area (Å²) in [6, 6.07) is 9.47. The molecule has 3 N–H and O–H groups in total. The highest BCUT2D eigenvalue weighted by Gasteiger charge is 2.21. The lowest BCUT2D eigenvalue weighted by Crippen LogP contribution is -2.33. The molecule has 2 rings (SSSR count). The molecule has 0 radical (unpaired) electrons. The fourth-order valence-electron chi connectivity index (χ4n) is 3.02. The monoisotopic (exact) mass is 340 g/mol. The van der Waals surface area contributed by atoms with Crippen LogP contribution in [-0.4, -0.2) is 25.2 Å². The zero-order chi connectivity index (χ0) is 15.8. The van der Waals surface area contributed by atoms with Gasteiger partial charge in [0, 0.05) is 19.0 Å². The van der Waals surface area contributed by atoms with E-state index in [1.807, 2.05) is 30.3 Å². The lowest BCUT2D eigenvalue weighted by atomic mass is 9.88. The van der Waals surface area contributed by atoms with Crippen molar-refractivity contribution in [1.82, 2.24) is 5.32 Å². The lowest BCUT2D eigenvalue weighted by molar-refractivity contribution is -0.121. The molecule has 0 spiro atoms. The molecule has 0 saturated heterocycles. The second-order valence-electron chi connectivity index (χ2n) is 6.24. The van der Waals surface area contributed by atoms with Gasteiger partial charge in [0.05, 0.1) is 12.7 Å². The van der Waals surface area contributed by atoms with Crippen LogP contribution >= 0.6 is 12.4 Å². The second kappa shape index (κ2) is 10.6. The predicted octanol–water partition coefficient (Wildman–Crippen LogP) is 3.21. The number of nitrogens with two attached hydrogens (primary N) is 1. The minimum atomic E-state index is -0.250. The smallest absolute Gasteiger partial charge is 0.221 e. The van der Waals surface area contributed by atoms with E-state index in [1.54, 1.807) is 0 Å². The van der Waals surface area contributed by atoms with Crippen molar-refractivity contribution in [3.05, 3.63) is 35.9 Å². The van der Waals surface area contributed by atoms with Gasteiger partial charge in [-0.1, -0.05) is 50.1 Å². The van der Waals surface area contributed by atoms with Gasteiger partial charge in [-0.3, -0.25) is 4.79 Å². The number of benzene rings is 1. The van der Waals surface area contributed by atoms with Crippen LogP contribution in [0.1, 0.15) is 50.6 Å². The molecule has 3 atom stereocenters. The van der Waals surface area contributed by atoms with Gasteiger partial charge in [0.25, 0.3) is 0 Å². The first-order valence-electron chi connectivity index (χ1n) is 8.35. The molecule has 1 aromatic rings. The SMILES string of the molecule is CC1CCCCC1OCCNC(=O)CC(N)c1ccccc1.Cl. The quantitative estimate of drug-likeness (QED) is 0.749. The Kier molecular flexibility index (Phi) is 9.22. The third kappa shape index (κ3) is 6.90. The van der Waals surface area contributed by atoms with Crippen molar-refractivity contribution in [3.8, 4) is 0 Å². The number of hydrogen-bond acceptors (Lipinski definition) is 3. The Balaban J connectivity index is 0.00000264. The number of nitrogens with one attached hydrogen (secondary N) is 1. The highest BCUT2D eigenvalue weighted by atomic mass is 35.5. The van der Waals surface area contributed by atoms with Crippen molar-refractivity contribution in [2.45, 2.75) is 51.2 Å². The van der Waals surface area contributed by atoms with Gasteiger partial charge in [0.2, 0.25) is 5.91 Å². The summed E-state index contributed by atoms with van der Waals surface area (Å²) in [5, 5.41) is 2.89. The summed E-state index contributed by atoms with van der Waals surface area (Å²) in [4.78, 5) is 11.9. The topological polar surface area (TPSA) is 64.3 Å². The maximum absolute atomic E-state index is 11.9. The summed E-state index contributed by atoms with van der Waals surface area (Å²) < 4.78 is 5.89. The molecule has 0 aliphatic heterocycles. The van der Waals surface area contributed by atoms with Crippen LogP contribution in [0.3, 0.4) is 0 Å². The third-order valence-electron chi connectivity index (χ3n) is 4.42. The van der Waals surface area contributed by atoms with Crippen molar-refractivity contribution in [1.29, 1.82) is 0 Å². The Labute approximate surface area is 145 Å². The molecule has 3 unspecified atom stereocenters. The van der Waals surface area contributed by atoms with Crippen LogP contribution in [0.4, 0.5) is 0 Å². The van der Waals surface area contributed by atoms with E-state index >= 15 is 0 Å². The third-order valence-corrected chi connectivity index (χ3v) is 4.42. The zero-order valence-electron chi connectivity index (χ0n) is 13.9. The molecule has 0 heterocycles. The summed E-state index contributed by atoms with van der Waals surface area (Å²) in [7, 11) is 0. The van der Waals surface area contributed by atoms with Gasteiger partial charge >= 0.3 is 0 Å². The van der Waals surface area contributed by atoms with Gasteiger partial charge in [0.15, 0.2) is 0 Å². The molecule has 1 aromatic carbocycles. The summed E-state index contributed by atoms with van der Waals surface area (Å²) >= 11 is 0. The summed E-state index contributed by atoms with van der Waals surface area (Å²) in [5.74, 6) is 0.618. The molecule has 4 nitrogen and oxygen atoms in total. The normalized spacial score (nSPS) is 22.0. The van der Waals surface area contributed by atoms with E-state index < -0.39 is 0 Å². The van der Waals surface area contributed by atoms with Crippen LogP contribution in [0.5, 0.6) is 0 Å². The first-order valence-corrected chi connectivity index (χ1v) is 8.35. The highest BCUT2D eigenvalue weighted by molar-refractivity contribution is 5.85. The zero-order valence-corrected chi connectivity index (χ0v) is 14.7. The van der Waals surface area contributed by atoms with E-state index in [4.69, 9.17) is 10.5 Å². The number of hydrogen-bond donors (Lipinski definition) is 2. The number of halogens is 1. The Hall–Kier alpha value is -1.10. The van der Waals surface area contributed by atoms with Crippen molar-refractivity contribution >= 4 is 18.3 Å². The first-order chi connectivity index (χ1) is 10.7. The standard InChI is InChI=1S/C18H28N2O2.ClH/c1-14-7-5-6-10-17(14)22-12-11-20-18(21)13-16(19)15-8-3-2-4-9-15;/h2-4,8-9,14,16-17H,5-7,10-13,19H2,1H3,(H,20,21);1H. The van der Waals surface area contributed by atoms with Gasteiger partial charge < -0.3 is 15.8 Å². The number of carbonyl (C=O) groups is 1. The summed E-state index contributed by atoms with van der Waals surface area (Å²) in [6.07, 6.45) is 5.64. The molecule has 23 heavy (non-hydrogen) atoms. The number of ether oxygens (including phenoxy) is 1. The van der Waals surface area contributed by atoms with Crippen LogP contribution in [-0.2, 0) is 9.53 Å². The Morgan fingerprint density at radius 3 is 2.70 bits per heavy atom. The minimum absolute atomic E-state index is 0. The van der Waals surface area contributed by atoms with Crippen molar-refractivity contribution in [2.24, 2.45) is 11.7 Å². The average molecular weight is 341 g/mol. The molecular weight excluding hydrogens is 312 g/mol. The Morgan fingerprint density at radius 2 is 2.00 bits per heavy atom. The van der Waals surface area contributed by atoms with Crippen LogP contribution in [0, 0.1) is 5.92 Å². The van der Waals surface area contributed by atoms with E-state index in [0.717, 1.165) is 12.0 Å². The molecule has 1 aliphatic carbocycles. The van der Waals surface area contributed by atoms with Crippen molar-refractivity contribution in [3.63, 3.8) is 0 Å². The minimum Gasteiger partial charge on any atom is -0.376 e. The van der Waals surface area contributed by atoms with Crippen molar-refractivity contribution < 1.29 is 9.53 Å². The maximum Gasteiger partial charge on any atom is 0.221 e. The molecule has 130 valence electrons. The molecule has 1 amide bonds.